The topological polar surface area (TPSA) is 47.6 Å². The molecule has 6 heteroatoms. The number of hydrogen-bond acceptors (Lipinski definition) is 3. The van der Waals surface area contributed by atoms with Gasteiger partial charge >= 0.3 is 6.03 Å². The standard InChI is InChI=1S/C21H33FN4O/c1-16-4-3-10-25(14-16)17(2)12-23-21(27)24-13-18-9-11-26(15-18)20-7-5-19(22)6-8-20/h5-8,16-18H,3-4,9-15H2,1-2H3,(H2,23,24,27)/t16-,17-,18+/m1/s1. The second-order valence-electron chi connectivity index (χ2n) is 8.26. The summed E-state index contributed by atoms with van der Waals surface area (Å²) in [6.07, 6.45) is 3.61. The van der Waals surface area contributed by atoms with Crippen molar-refractivity contribution in [2.45, 2.75) is 39.2 Å². The number of benzene rings is 1. The van der Waals surface area contributed by atoms with E-state index in [0.717, 1.165) is 44.2 Å². The van der Waals surface area contributed by atoms with Crippen LogP contribution in [0.25, 0.3) is 0 Å². The average molecular weight is 377 g/mol. The Bertz CT molecular complexity index is 609. The number of nitrogens with zero attached hydrogens (tertiary/aromatic N) is 2. The largest absolute Gasteiger partial charge is 0.371 e. The van der Waals surface area contributed by atoms with Crippen LogP contribution in [0.5, 0.6) is 0 Å². The third-order valence-electron chi connectivity index (χ3n) is 5.90. The van der Waals surface area contributed by atoms with Crippen LogP contribution >= 0.6 is 0 Å². The van der Waals surface area contributed by atoms with Gasteiger partial charge < -0.3 is 15.5 Å². The zero-order valence-electron chi connectivity index (χ0n) is 16.6. The Labute approximate surface area is 162 Å². The molecular weight excluding hydrogens is 343 g/mol. The normalized spacial score (nSPS) is 24.6. The number of nitrogens with one attached hydrogen (secondary N) is 2. The van der Waals surface area contributed by atoms with Crippen LogP contribution in [0, 0.1) is 17.7 Å². The zero-order valence-corrected chi connectivity index (χ0v) is 16.6. The number of amides is 2. The van der Waals surface area contributed by atoms with Gasteiger partial charge in [0, 0.05) is 44.5 Å². The minimum absolute atomic E-state index is 0.0767. The van der Waals surface area contributed by atoms with Gasteiger partial charge in [-0.25, -0.2) is 9.18 Å². The number of carbonyl (C=O) groups excluding carboxylic acids is 1. The summed E-state index contributed by atoms with van der Waals surface area (Å²) in [5.74, 6) is 0.976. The quantitative estimate of drug-likeness (QED) is 0.802. The molecule has 2 aliphatic heterocycles. The van der Waals surface area contributed by atoms with Crippen molar-refractivity contribution in [3.8, 4) is 0 Å². The molecule has 2 amide bonds. The van der Waals surface area contributed by atoms with E-state index in [1.54, 1.807) is 0 Å². The van der Waals surface area contributed by atoms with Gasteiger partial charge in [-0.3, -0.25) is 4.90 Å². The highest BCUT2D eigenvalue weighted by Crippen LogP contribution is 2.23. The van der Waals surface area contributed by atoms with Crippen molar-refractivity contribution in [2.24, 2.45) is 11.8 Å². The maximum absolute atomic E-state index is 13.1. The SMILES string of the molecule is C[C@@H]1CCCN([C@H](C)CNC(=O)NC[C@@H]2CCN(c3ccc(F)cc3)C2)C1. The predicted octanol–water partition coefficient (Wildman–Crippen LogP) is 3.07. The van der Waals surface area contributed by atoms with E-state index in [1.807, 2.05) is 12.1 Å². The van der Waals surface area contributed by atoms with Crippen LogP contribution in [0.1, 0.15) is 33.1 Å². The first-order valence-electron chi connectivity index (χ1n) is 10.3. The Kier molecular flexibility index (Phi) is 6.94. The third-order valence-corrected chi connectivity index (χ3v) is 5.90. The fourth-order valence-electron chi connectivity index (χ4n) is 4.18. The first-order valence-corrected chi connectivity index (χ1v) is 10.3. The van der Waals surface area contributed by atoms with E-state index in [-0.39, 0.29) is 11.8 Å². The summed E-state index contributed by atoms with van der Waals surface area (Å²) >= 11 is 0. The minimum atomic E-state index is -0.207. The number of likely N-dealkylation sites (tertiary alicyclic amines) is 1. The van der Waals surface area contributed by atoms with Crippen LogP contribution in [0.3, 0.4) is 0 Å². The van der Waals surface area contributed by atoms with Crippen molar-refractivity contribution in [1.29, 1.82) is 0 Å². The zero-order chi connectivity index (χ0) is 19.2. The van der Waals surface area contributed by atoms with Crippen molar-refractivity contribution >= 4 is 11.7 Å². The van der Waals surface area contributed by atoms with Crippen LogP contribution in [0.4, 0.5) is 14.9 Å². The second kappa shape index (κ2) is 9.40. The van der Waals surface area contributed by atoms with Gasteiger partial charge in [0.2, 0.25) is 0 Å². The molecule has 0 aromatic heterocycles. The number of hydrogen-bond donors (Lipinski definition) is 2. The Morgan fingerprint density at radius 3 is 2.70 bits per heavy atom. The van der Waals surface area contributed by atoms with Crippen molar-refractivity contribution in [2.75, 3.05) is 44.2 Å². The number of rotatable bonds is 6. The Balaban J connectivity index is 1.34. The summed E-state index contributed by atoms with van der Waals surface area (Å²) in [5, 5.41) is 6.04. The van der Waals surface area contributed by atoms with E-state index in [1.165, 1.54) is 25.0 Å². The predicted molar refractivity (Wildman–Crippen MR) is 108 cm³/mol. The molecule has 2 fully saturated rings. The number of halogens is 1. The average Bonchev–Trinajstić information content (AvgIpc) is 3.14. The highest BCUT2D eigenvalue weighted by molar-refractivity contribution is 5.73. The van der Waals surface area contributed by atoms with Crippen LogP contribution in [0.2, 0.25) is 0 Å². The maximum atomic E-state index is 13.1. The van der Waals surface area contributed by atoms with Gasteiger partial charge in [-0.05, 0) is 68.8 Å². The highest BCUT2D eigenvalue weighted by atomic mass is 19.1. The number of piperidine rings is 1. The molecule has 27 heavy (non-hydrogen) atoms. The molecule has 1 aromatic rings. The molecular formula is C21H33FN4O. The molecule has 0 saturated carbocycles. The fraction of sp³-hybridized carbons (Fsp3) is 0.667. The smallest absolute Gasteiger partial charge is 0.314 e. The Hall–Kier alpha value is -1.82. The molecule has 5 nitrogen and oxygen atoms in total. The van der Waals surface area contributed by atoms with Crippen LogP contribution in [0.15, 0.2) is 24.3 Å². The monoisotopic (exact) mass is 376 g/mol. The van der Waals surface area contributed by atoms with Crippen molar-refractivity contribution < 1.29 is 9.18 Å². The van der Waals surface area contributed by atoms with E-state index >= 15 is 0 Å². The van der Waals surface area contributed by atoms with E-state index < -0.39 is 0 Å². The summed E-state index contributed by atoms with van der Waals surface area (Å²) in [4.78, 5) is 16.9. The lowest BCUT2D eigenvalue weighted by molar-refractivity contribution is 0.137. The maximum Gasteiger partial charge on any atom is 0.314 e. The molecule has 0 bridgehead atoms. The minimum Gasteiger partial charge on any atom is -0.371 e. The first kappa shape index (κ1) is 19.9. The van der Waals surface area contributed by atoms with E-state index in [0.29, 0.717) is 25.0 Å². The molecule has 2 heterocycles. The number of urea groups is 1. The van der Waals surface area contributed by atoms with Gasteiger partial charge in [0.25, 0.3) is 0 Å². The van der Waals surface area contributed by atoms with E-state index in [4.69, 9.17) is 0 Å². The van der Waals surface area contributed by atoms with Crippen molar-refractivity contribution in [1.82, 2.24) is 15.5 Å². The summed E-state index contributed by atoms with van der Waals surface area (Å²) in [5.41, 5.74) is 1.05. The molecule has 0 unspecified atom stereocenters. The van der Waals surface area contributed by atoms with Gasteiger partial charge in [0.15, 0.2) is 0 Å². The van der Waals surface area contributed by atoms with E-state index in [2.05, 4.69) is 34.3 Å². The van der Waals surface area contributed by atoms with Gasteiger partial charge in [-0.1, -0.05) is 6.92 Å². The summed E-state index contributed by atoms with van der Waals surface area (Å²) in [6.45, 7) is 9.97. The van der Waals surface area contributed by atoms with Gasteiger partial charge in [-0.15, -0.1) is 0 Å². The molecule has 3 rings (SSSR count). The van der Waals surface area contributed by atoms with Crippen LogP contribution < -0.4 is 15.5 Å². The Morgan fingerprint density at radius 1 is 1.19 bits per heavy atom. The second-order valence-corrected chi connectivity index (χ2v) is 8.26. The van der Waals surface area contributed by atoms with Crippen LogP contribution in [-0.2, 0) is 0 Å². The lowest BCUT2D eigenvalue weighted by Gasteiger charge is -2.35. The third kappa shape index (κ3) is 5.83. The lowest BCUT2D eigenvalue weighted by Crippen LogP contribution is -2.48. The van der Waals surface area contributed by atoms with Crippen molar-refractivity contribution in [3.63, 3.8) is 0 Å². The highest BCUT2D eigenvalue weighted by Gasteiger charge is 2.24. The molecule has 0 radical (unpaired) electrons. The molecule has 3 atom stereocenters. The van der Waals surface area contributed by atoms with E-state index in [9.17, 15) is 9.18 Å². The molecule has 0 aliphatic carbocycles. The van der Waals surface area contributed by atoms with Gasteiger partial charge in [0.1, 0.15) is 5.82 Å². The Morgan fingerprint density at radius 2 is 1.96 bits per heavy atom. The van der Waals surface area contributed by atoms with Crippen molar-refractivity contribution in [3.05, 3.63) is 30.1 Å². The molecule has 2 N–H and O–H groups in total. The molecule has 150 valence electrons. The molecule has 2 saturated heterocycles. The number of anilines is 1. The van der Waals surface area contributed by atoms with Crippen LogP contribution in [-0.4, -0.2) is 56.2 Å². The summed E-state index contributed by atoms with van der Waals surface area (Å²) < 4.78 is 13.1. The molecule has 2 aliphatic rings. The first-order chi connectivity index (χ1) is 13.0. The lowest BCUT2D eigenvalue weighted by atomic mass is 9.99. The number of carbonyl (C=O) groups is 1. The fourth-order valence-corrected chi connectivity index (χ4v) is 4.18. The summed E-state index contributed by atoms with van der Waals surface area (Å²) in [7, 11) is 0. The summed E-state index contributed by atoms with van der Waals surface area (Å²) in [6, 6.07) is 6.93. The van der Waals surface area contributed by atoms with Gasteiger partial charge in [-0.2, -0.15) is 0 Å². The van der Waals surface area contributed by atoms with Gasteiger partial charge in [0.05, 0.1) is 0 Å². The molecule has 1 aromatic carbocycles. The molecule has 0 spiro atoms.